The van der Waals surface area contributed by atoms with Gasteiger partial charge in [-0.3, -0.25) is 0 Å². The highest BCUT2D eigenvalue weighted by atomic mass is 16.5. The third kappa shape index (κ3) is 6.93. The summed E-state index contributed by atoms with van der Waals surface area (Å²) in [5.41, 5.74) is 2.97. The predicted molar refractivity (Wildman–Crippen MR) is 126 cm³/mol. The zero-order chi connectivity index (χ0) is 23.6. The summed E-state index contributed by atoms with van der Waals surface area (Å²) in [6.45, 7) is 2.12. The minimum Gasteiger partial charge on any atom is -0.493 e. The molecule has 1 saturated heterocycles. The Bertz CT molecular complexity index is 927. The maximum atomic E-state index is 12.6. The van der Waals surface area contributed by atoms with Crippen molar-refractivity contribution in [1.82, 2.24) is 15.5 Å². The van der Waals surface area contributed by atoms with Gasteiger partial charge in [-0.2, -0.15) is 0 Å². The lowest BCUT2D eigenvalue weighted by Crippen LogP contribution is -2.46. The smallest absolute Gasteiger partial charge is 0.404 e. The van der Waals surface area contributed by atoms with Crippen LogP contribution in [0.15, 0.2) is 42.5 Å². The molecule has 1 heterocycles. The zero-order valence-electron chi connectivity index (χ0n) is 19.1. The lowest BCUT2D eigenvalue weighted by atomic mass is 10.0. The van der Waals surface area contributed by atoms with E-state index in [4.69, 9.17) is 14.6 Å². The van der Waals surface area contributed by atoms with E-state index in [-0.39, 0.29) is 6.03 Å². The summed E-state index contributed by atoms with van der Waals surface area (Å²) >= 11 is 0. The molecule has 0 aliphatic carbocycles. The number of carbonyl (C=O) groups is 2. The number of nitrogens with zero attached hydrogens (tertiary/aromatic N) is 1. The van der Waals surface area contributed by atoms with Gasteiger partial charge in [0.2, 0.25) is 0 Å². The minimum atomic E-state index is -1.01. The number of carbonyl (C=O) groups excluding carboxylic acids is 1. The van der Waals surface area contributed by atoms with Gasteiger partial charge in [0, 0.05) is 43.5 Å². The molecule has 0 saturated carbocycles. The number of anilines is 1. The number of ether oxygens (including phenoxy) is 2. The van der Waals surface area contributed by atoms with Gasteiger partial charge in [-0.15, -0.1) is 0 Å². The van der Waals surface area contributed by atoms with Gasteiger partial charge >= 0.3 is 12.1 Å². The number of benzene rings is 2. The molecule has 9 nitrogen and oxygen atoms in total. The molecule has 0 spiro atoms. The maximum absolute atomic E-state index is 12.6. The summed E-state index contributed by atoms with van der Waals surface area (Å²) in [4.78, 5) is 25.0. The van der Waals surface area contributed by atoms with Gasteiger partial charge in [-0.05, 0) is 43.0 Å². The molecule has 2 aromatic rings. The molecule has 3 rings (SSSR count). The standard InChI is InChI=1S/C24H32N4O5/c1-32-21-5-3-4-18(22(21)33-2)16-26-23(29)28-14-11-20(12-15-28)27-19-8-6-17(7-9-19)10-13-25-24(30)31/h3-9,20,25,27H,10-16H2,1-2H3,(H,26,29)(H,30,31). The van der Waals surface area contributed by atoms with Crippen molar-refractivity contribution in [1.29, 1.82) is 0 Å². The normalized spacial score (nSPS) is 13.8. The highest BCUT2D eigenvalue weighted by Crippen LogP contribution is 2.30. The van der Waals surface area contributed by atoms with Crippen LogP contribution < -0.4 is 25.4 Å². The summed E-state index contributed by atoms with van der Waals surface area (Å²) in [6.07, 6.45) is 1.37. The van der Waals surface area contributed by atoms with Gasteiger partial charge in [0.25, 0.3) is 0 Å². The van der Waals surface area contributed by atoms with Crippen molar-refractivity contribution < 1.29 is 24.2 Å². The van der Waals surface area contributed by atoms with Crippen molar-refractivity contribution in [3.8, 4) is 11.5 Å². The minimum absolute atomic E-state index is 0.0855. The number of carboxylic acid groups (broad SMARTS) is 1. The Labute approximate surface area is 194 Å². The van der Waals surface area contributed by atoms with Crippen LogP contribution in [0.3, 0.4) is 0 Å². The molecule has 1 aliphatic rings. The molecule has 4 N–H and O–H groups in total. The molecule has 1 aliphatic heterocycles. The van der Waals surface area contributed by atoms with Crippen LogP contribution in [0.5, 0.6) is 11.5 Å². The first kappa shape index (κ1) is 24.0. The fourth-order valence-corrected chi connectivity index (χ4v) is 3.92. The molecule has 33 heavy (non-hydrogen) atoms. The van der Waals surface area contributed by atoms with Gasteiger partial charge < -0.3 is 35.4 Å². The lowest BCUT2D eigenvalue weighted by molar-refractivity contribution is 0.183. The largest absolute Gasteiger partial charge is 0.493 e. The SMILES string of the molecule is COc1cccc(CNC(=O)N2CCC(Nc3ccc(CCNC(=O)O)cc3)CC2)c1OC. The molecule has 0 unspecified atom stereocenters. The molecule has 0 radical (unpaired) electrons. The number of para-hydroxylation sites is 1. The van der Waals surface area contributed by atoms with E-state index in [1.165, 1.54) is 0 Å². The number of hydrogen-bond acceptors (Lipinski definition) is 5. The monoisotopic (exact) mass is 456 g/mol. The topological polar surface area (TPSA) is 112 Å². The second-order valence-electron chi connectivity index (χ2n) is 7.90. The van der Waals surface area contributed by atoms with Gasteiger partial charge in [0.1, 0.15) is 0 Å². The summed E-state index contributed by atoms with van der Waals surface area (Å²) < 4.78 is 10.7. The number of amides is 3. The summed E-state index contributed by atoms with van der Waals surface area (Å²) in [7, 11) is 3.18. The van der Waals surface area contributed by atoms with Crippen molar-refractivity contribution in [3.63, 3.8) is 0 Å². The Balaban J connectivity index is 1.42. The highest BCUT2D eigenvalue weighted by molar-refractivity contribution is 5.74. The van der Waals surface area contributed by atoms with Crippen LogP contribution in [0.2, 0.25) is 0 Å². The predicted octanol–water partition coefficient (Wildman–Crippen LogP) is 3.30. The van der Waals surface area contributed by atoms with Crippen LogP contribution in [-0.2, 0) is 13.0 Å². The van der Waals surface area contributed by atoms with Crippen LogP contribution in [0, 0.1) is 0 Å². The summed E-state index contributed by atoms with van der Waals surface area (Å²) in [6, 6.07) is 13.8. The van der Waals surface area contributed by atoms with Crippen molar-refractivity contribution in [2.75, 3.05) is 39.2 Å². The van der Waals surface area contributed by atoms with E-state index < -0.39 is 6.09 Å². The number of rotatable bonds is 9. The van der Waals surface area contributed by atoms with E-state index in [9.17, 15) is 9.59 Å². The number of hydrogen-bond donors (Lipinski definition) is 4. The maximum Gasteiger partial charge on any atom is 0.404 e. The first-order valence-corrected chi connectivity index (χ1v) is 11.0. The second kappa shape index (κ2) is 11.8. The molecule has 9 heteroatoms. The molecular weight excluding hydrogens is 424 g/mol. The second-order valence-corrected chi connectivity index (χ2v) is 7.90. The number of likely N-dealkylation sites (tertiary alicyclic amines) is 1. The van der Waals surface area contributed by atoms with Crippen LogP contribution in [0.25, 0.3) is 0 Å². The van der Waals surface area contributed by atoms with Crippen molar-refractivity contribution in [2.45, 2.75) is 31.8 Å². The summed E-state index contributed by atoms with van der Waals surface area (Å²) in [5, 5.41) is 17.5. The quantitative estimate of drug-likeness (QED) is 0.461. The van der Waals surface area contributed by atoms with Crippen LogP contribution in [-0.4, -0.2) is 62.0 Å². The number of nitrogens with one attached hydrogen (secondary N) is 3. The number of methoxy groups -OCH3 is 2. The Morgan fingerprint density at radius 1 is 1.03 bits per heavy atom. The third-order valence-corrected chi connectivity index (χ3v) is 5.71. The molecule has 0 atom stereocenters. The number of piperidine rings is 1. The Hall–Kier alpha value is -3.62. The average Bonchev–Trinajstić information content (AvgIpc) is 2.83. The van der Waals surface area contributed by atoms with Crippen LogP contribution >= 0.6 is 0 Å². The van der Waals surface area contributed by atoms with Crippen molar-refractivity contribution in [3.05, 3.63) is 53.6 Å². The third-order valence-electron chi connectivity index (χ3n) is 5.71. The number of urea groups is 1. The van der Waals surface area contributed by atoms with E-state index in [0.29, 0.717) is 50.1 Å². The zero-order valence-corrected chi connectivity index (χ0v) is 19.1. The lowest BCUT2D eigenvalue weighted by Gasteiger charge is -2.33. The van der Waals surface area contributed by atoms with Gasteiger partial charge in [0.15, 0.2) is 11.5 Å². The Morgan fingerprint density at radius 3 is 2.39 bits per heavy atom. The summed E-state index contributed by atoms with van der Waals surface area (Å²) in [5.74, 6) is 1.27. The molecule has 1 fully saturated rings. The highest BCUT2D eigenvalue weighted by Gasteiger charge is 2.23. The molecule has 178 valence electrons. The van der Waals surface area contributed by atoms with E-state index in [2.05, 4.69) is 16.0 Å². The fraction of sp³-hybridized carbons (Fsp3) is 0.417. The molecule has 3 amide bonds. The average molecular weight is 457 g/mol. The van der Waals surface area contributed by atoms with Crippen LogP contribution in [0.1, 0.15) is 24.0 Å². The van der Waals surface area contributed by atoms with E-state index >= 15 is 0 Å². The first-order chi connectivity index (χ1) is 16.0. The van der Waals surface area contributed by atoms with Gasteiger partial charge in [-0.25, -0.2) is 9.59 Å². The van der Waals surface area contributed by atoms with Crippen LogP contribution in [0.4, 0.5) is 15.3 Å². The van der Waals surface area contributed by atoms with E-state index in [0.717, 1.165) is 29.7 Å². The first-order valence-electron chi connectivity index (χ1n) is 11.0. The van der Waals surface area contributed by atoms with Gasteiger partial charge in [0.05, 0.1) is 14.2 Å². The van der Waals surface area contributed by atoms with Crippen molar-refractivity contribution >= 4 is 17.8 Å². The molecule has 0 aromatic heterocycles. The van der Waals surface area contributed by atoms with E-state index in [1.54, 1.807) is 14.2 Å². The molecule has 0 bridgehead atoms. The fourth-order valence-electron chi connectivity index (χ4n) is 3.92. The van der Waals surface area contributed by atoms with E-state index in [1.807, 2.05) is 47.4 Å². The molecular formula is C24H32N4O5. The van der Waals surface area contributed by atoms with Gasteiger partial charge in [-0.1, -0.05) is 24.3 Å². The molecule has 2 aromatic carbocycles. The Morgan fingerprint density at radius 2 is 1.76 bits per heavy atom. The Kier molecular flexibility index (Phi) is 8.63. The van der Waals surface area contributed by atoms with Crippen molar-refractivity contribution in [2.24, 2.45) is 0 Å².